The lowest BCUT2D eigenvalue weighted by Crippen LogP contribution is -2.25. The van der Waals surface area contributed by atoms with Crippen LogP contribution in [0.4, 0.5) is 5.69 Å². The molecule has 3 aromatic rings. The average molecular weight is 379 g/mol. The number of ether oxygens (including phenoxy) is 2. The lowest BCUT2D eigenvalue weighted by atomic mass is 10.2. The van der Waals surface area contributed by atoms with Gasteiger partial charge in [-0.2, -0.15) is 5.10 Å². The molecule has 2 aromatic carbocycles. The first-order chi connectivity index (χ1) is 13.6. The second-order valence-corrected chi connectivity index (χ2v) is 5.81. The van der Waals surface area contributed by atoms with Gasteiger partial charge in [-0.25, -0.2) is 4.68 Å². The average Bonchev–Trinajstić information content (AvgIpc) is 2.71. The summed E-state index contributed by atoms with van der Waals surface area (Å²) in [5.41, 5.74) is 0.612. The summed E-state index contributed by atoms with van der Waals surface area (Å²) in [7, 11) is 0. The van der Waals surface area contributed by atoms with Gasteiger partial charge in [0.2, 0.25) is 5.43 Å². The van der Waals surface area contributed by atoms with E-state index in [1.807, 2.05) is 13.8 Å². The third-order valence-corrected chi connectivity index (χ3v) is 3.86. The maximum atomic E-state index is 12.5. The zero-order chi connectivity index (χ0) is 19.9. The van der Waals surface area contributed by atoms with Crippen molar-refractivity contribution >= 4 is 11.6 Å². The van der Waals surface area contributed by atoms with Gasteiger partial charge < -0.3 is 14.8 Å². The lowest BCUT2D eigenvalue weighted by molar-refractivity contribution is 0.101. The third kappa shape index (κ3) is 4.56. The van der Waals surface area contributed by atoms with Crippen molar-refractivity contribution in [1.82, 2.24) is 9.78 Å². The Morgan fingerprint density at radius 2 is 1.50 bits per heavy atom. The highest BCUT2D eigenvalue weighted by molar-refractivity contribution is 6.02. The Bertz CT molecular complexity index is 995. The zero-order valence-corrected chi connectivity index (χ0v) is 15.7. The van der Waals surface area contributed by atoms with Crippen LogP contribution in [0.15, 0.2) is 65.6 Å². The molecular formula is C21H21N3O4. The summed E-state index contributed by atoms with van der Waals surface area (Å²) in [6.07, 6.45) is 1.52. The van der Waals surface area contributed by atoms with Crippen LogP contribution >= 0.6 is 0 Å². The molecule has 0 spiro atoms. The molecule has 7 heteroatoms. The smallest absolute Gasteiger partial charge is 0.280 e. The molecule has 3 rings (SSSR count). The van der Waals surface area contributed by atoms with E-state index in [4.69, 9.17) is 9.47 Å². The van der Waals surface area contributed by atoms with Crippen molar-refractivity contribution in [2.24, 2.45) is 0 Å². The van der Waals surface area contributed by atoms with E-state index in [-0.39, 0.29) is 5.69 Å². The number of carbonyl (C=O) groups excluding carboxylic acids is 1. The van der Waals surface area contributed by atoms with E-state index in [0.717, 1.165) is 5.75 Å². The maximum Gasteiger partial charge on any atom is 0.280 e. The second kappa shape index (κ2) is 8.85. The second-order valence-electron chi connectivity index (χ2n) is 5.81. The minimum Gasteiger partial charge on any atom is -0.494 e. The number of nitrogens with zero attached hydrogens (tertiary/aromatic N) is 2. The monoisotopic (exact) mass is 379 g/mol. The van der Waals surface area contributed by atoms with Crippen molar-refractivity contribution in [3.63, 3.8) is 0 Å². The van der Waals surface area contributed by atoms with E-state index in [1.165, 1.54) is 16.9 Å². The normalized spacial score (nSPS) is 10.4. The first-order valence-corrected chi connectivity index (χ1v) is 8.98. The molecule has 144 valence electrons. The minimum atomic E-state index is -0.575. The molecule has 0 atom stereocenters. The van der Waals surface area contributed by atoms with E-state index in [9.17, 15) is 9.59 Å². The fourth-order valence-corrected chi connectivity index (χ4v) is 2.56. The highest BCUT2D eigenvalue weighted by Crippen LogP contribution is 2.16. The standard InChI is InChI=1S/C21H21N3O4/c1-3-27-17-9-5-15(6-10-17)22-21(26)20-19(25)13-14-24(23-20)16-7-11-18(12-8-16)28-4-2/h5-14H,3-4H2,1-2H3,(H,22,26). The van der Waals surface area contributed by atoms with Crippen molar-refractivity contribution in [2.45, 2.75) is 13.8 Å². The SMILES string of the molecule is CCOc1ccc(NC(=O)c2nn(-c3ccc(OCC)cc3)ccc2=O)cc1. The molecule has 1 heterocycles. The van der Waals surface area contributed by atoms with Crippen LogP contribution in [-0.4, -0.2) is 28.9 Å². The molecule has 0 saturated carbocycles. The predicted molar refractivity (Wildman–Crippen MR) is 107 cm³/mol. The lowest BCUT2D eigenvalue weighted by Gasteiger charge is -2.09. The summed E-state index contributed by atoms with van der Waals surface area (Å²) in [5.74, 6) is 0.867. The number of rotatable bonds is 7. The van der Waals surface area contributed by atoms with Gasteiger partial charge in [0.25, 0.3) is 5.91 Å². The fraction of sp³-hybridized carbons (Fsp3) is 0.190. The summed E-state index contributed by atoms with van der Waals surface area (Å²) in [6, 6.07) is 15.4. The number of benzene rings is 2. The summed E-state index contributed by atoms with van der Waals surface area (Å²) < 4.78 is 12.3. The molecule has 0 bridgehead atoms. The molecule has 1 aromatic heterocycles. The highest BCUT2D eigenvalue weighted by Gasteiger charge is 2.14. The van der Waals surface area contributed by atoms with Crippen LogP contribution < -0.4 is 20.2 Å². The fourth-order valence-electron chi connectivity index (χ4n) is 2.56. The predicted octanol–water partition coefficient (Wildman–Crippen LogP) is 3.28. The summed E-state index contributed by atoms with van der Waals surface area (Å²) in [6.45, 7) is 4.94. The Balaban J connectivity index is 1.80. The van der Waals surface area contributed by atoms with Gasteiger partial charge in [0.1, 0.15) is 11.5 Å². The Morgan fingerprint density at radius 3 is 2.07 bits per heavy atom. The van der Waals surface area contributed by atoms with Gasteiger partial charge >= 0.3 is 0 Å². The van der Waals surface area contributed by atoms with Crippen LogP contribution in [0.5, 0.6) is 11.5 Å². The third-order valence-electron chi connectivity index (χ3n) is 3.86. The molecule has 0 unspecified atom stereocenters. The van der Waals surface area contributed by atoms with E-state index in [0.29, 0.717) is 30.3 Å². The van der Waals surface area contributed by atoms with Gasteiger partial charge in [0.15, 0.2) is 5.69 Å². The van der Waals surface area contributed by atoms with E-state index >= 15 is 0 Å². The van der Waals surface area contributed by atoms with Crippen molar-refractivity contribution < 1.29 is 14.3 Å². The van der Waals surface area contributed by atoms with Crippen LogP contribution in [0.3, 0.4) is 0 Å². The molecule has 0 radical (unpaired) electrons. The molecular weight excluding hydrogens is 358 g/mol. The molecule has 0 aliphatic carbocycles. The largest absolute Gasteiger partial charge is 0.494 e. The number of carbonyl (C=O) groups is 1. The Labute approximate surface area is 162 Å². The molecule has 0 saturated heterocycles. The van der Waals surface area contributed by atoms with Gasteiger partial charge in [-0.05, 0) is 62.4 Å². The Kier molecular flexibility index (Phi) is 6.06. The number of aromatic nitrogens is 2. The van der Waals surface area contributed by atoms with E-state index in [2.05, 4.69) is 10.4 Å². The van der Waals surface area contributed by atoms with Crippen LogP contribution in [0.1, 0.15) is 24.3 Å². The minimum absolute atomic E-state index is 0.190. The van der Waals surface area contributed by atoms with Crippen molar-refractivity contribution in [3.05, 3.63) is 76.7 Å². The topological polar surface area (TPSA) is 82.4 Å². The maximum absolute atomic E-state index is 12.5. The Morgan fingerprint density at radius 1 is 0.929 bits per heavy atom. The molecule has 0 aliphatic rings. The molecule has 7 nitrogen and oxygen atoms in total. The number of nitrogens with one attached hydrogen (secondary N) is 1. The molecule has 1 amide bonds. The summed E-state index contributed by atoms with van der Waals surface area (Å²) in [4.78, 5) is 24.7. The van der Waals surface area contributed by atoms with E-state index in [1.54, 1.807) is 48.5 Å². The Hall–Kier alpha value is -3.61. The van der Waals surface area contributed by atoms with Crippen LogP contribution in [0.25, 0.3) is 5.69 Å². The van der Waals surface area contributed by atoms with Gasteiger partial charge in [-0.1, -0.05) is 0 Å². The van der Waals surface area contributed by atoms with Crippen LogP contribution in [0, 0.1) is 0 Å². The highest BCUT2D eigenvalue weighted by atomic mass is 16.5. The van der Waals surface area contributed by atoms with Gasteiger partial charge in [-0.15, -0.1) is 0 Å². The summed E-state index contributed by atoms with van der Waals surface area (Å²) in [5, 5.41) is 6.87. The quantitative estimate of drug-likeness (QED) is 0.681. The summed E-state index contributed by atoms with van der Waals surface area (Å²) >= 11 is 0. The van der Waals surface area contributed by atoms with Crippen LogP contribution in [-0.2, 0) is 0 Å². The van der Waals surface area contributed by atoms with Crippen molar-refractivity contribution in [3.8, 4) is 17.2 Å². The number of hydrogen-bond donors (Lipinski definition) is 1. The van der Waals surface area contributed by atoms with Gasteiger partial charge in [0.05, 0.1) is 18.9 Å². The van der Waals surface area contributed by atoms with Crippen molar-refractivity contribution in [2.75, 3.05) is 18.5 Å². The first kappa shape index (κ1) is 19.2. The number of hydrogen-bond acceptors (Lipinski definition) is 5. The van der Waals surface area contributed by atoms with Gasteiger partial charge in [-0.3, -0.25) is 9.59 Å². The van der Waals surface area contributed by atoms with Gasteiger partial charge in [0, 0.05) is 18.0 Å². The van der Waals surface area contributed by atoms with E-state index < -0.39 is 11.3 Å². The zero-order valence-electron chi connectivity index (χ0n) is 15.7. The number of anilines is 1. The molecule has 28 heavy (non-hydrogen) atoms. The first-order valence-electron chi connectivity index (χ1n) is 8.98. The number of amides is 1. The molecule has 0 fully saturated rings. The van der Waals surface area contributed by atoms with Crippen LogP contribution in [0.2, 0.25) is 0 Å². The molecule has 0 aliphatic heterocycles. The van der Waals surface area contributed by atoms with Crippen molar-refractivity contribution in [1.29, 1.82) is 0 Å². The molecule has 1 N–H and O–H groups in total.